The number of Topliss-reactive ketones (excluding diaryl/α,β-unsaturated/α-hetero) is 1. The zero-order valence-electron chi connectivity index (χ0n) is 28.8. The second-order valence-electron chi connectivity index (χ2n) is 13.6. The van der Waals surface area contributed by atoms with Crippen LogP contribution < -0.4 is 31.9 Å². The number of ether oxygens (including phenoxy) is 2. The normalized spacial score (nSPS) is 25.5. The van der Waals surface area contributed by atoms with Crippen LogP contribution in [0.4, 0.5) is 9.59 Å². The fourth-order valence-electron chi connectivity index (χ4n) is 6.95. The Balaban J connectivity index is 1.49. The van der Waals surface area contributed by atoms with Crippen molar-refractivity contribution in [1.29, 1.82) is 0 Å². The molecule has 2 saturated heterocycles. The molecule has 1 unspecified atom stereocenters. The lowest BCUT2D eigenvalue weighted by molar-refractivity contribution is -0.143. The summed E-state index contributed by atoms with van der Waals surface area (Å²) in [4.78, 5) is 105. The summed E-state index contributed by atoms with van der Waals surface area (Å²) >= 11 is 0. The summed E-state index contributed by atoms with van der Waals surface area (Å²) in [5, 5.41) is 15.1. The predicted molar refractivity (Wildman–Crippen MR) is 176 cm³/mol. The number of alkyl carbamates (subject to hydrolysis) is 2. The molecule has 4 fully saturated rings. The van der Waals surface area contributed by atoms with E-state index in [1.807, 2.05) is 0 Å². The van der Waals surface area contributed by atoms with E-state index >= 15 is 0 Å². The summed E-state index contributed by atoms with van der Waals surface area (Å²) in [6, 6.07) is -6.05. The molecule has 8 atom stereocenters. The summed E-state index contributed by atoms with van der Waals surface area (Å²) in [5.74, 6) is -4.17. The number of fused-ring (bicyclic) bond motifs is 1. The first kappa shape index (κ1) is 37.9. The second kappa shape index (κ2) is 16.2. The van der Waals surface area contributed by atoms with E-state index in [1.165, 1.54) is 18.7 Å². The lowest BCUT2D eigenvalue weighted by Gasteiger charge is -2.32. The van der Waals surface area contributed by atoms with Crippen molar-refractivity contribution in [2.24, 2.45) is 17.8 Å². The highest BCUT2D eigenvalue weighted by Gasteiger charge is 2.54. The molecule has 0 aromatic carbocycles. The third kappa shape index (κ3) is 8.98. The highest BCUT2D eigenvalue weighted by Crippen LogP contribution is 2.47. The van der Waals surface area contributed by atoms with Crippen molar-refractivity contribution in [1.82, 2.24) is 36.8 Å². The Morgan fingerprint density at radius 1 is 0.860 bits per heavy atom. The number of rotatable bonds is 13. The maximum absolute atomic E-state index is 14.2. The van der Waals surface area contributed by atoms with Crippen LogP contribution in [0.15, 0.2) is 24.3 Å². The molecule has 0 aromatic rings. The molecule has 2 aliphatic carbocycles. The fourth-order valence-corrected chi connectivity index (χ4v) is 6.95. The van der Waals surface area contributed by atoms with E-state index in [-0.39, 0.29) is 41.5 Å². The Morgan fingerprint density at radius 3 is 2.10 bits per heavy atom. The van der Waals surface area contributed by atoms with Gasteiger partial charge in [-0.25, -0.2) is 9.59 Å². The topological polar surface area (TPSA) is 230 Å². The van der Waals surface area contributed by atoms with Gasteiger partial charge < -0.3 is 46.3 Å². The van der Waals surface area contributed by atoms with Crippen LogP contribution in [0, 0.1) is 17.8 Å². The molecule has 0 aromatic heterocycles. The lowest BCUT2D eigenvalue weighted by atomic mass is 9.93. The third-order valence-electron chi connectivity index (χ3n) is 9.70. The summed E-state index contributed by atoms with van der Waals surface area (Å²) in [5.41, 5.74) is 0.436. The average Bonchev–Trinajstić information content (AvgIpc) is 3.68. The van der Waals surface area contributed by atoms with Crippen LogP contribution >= 0.6 is 0 Å². The number of carbonyl (C=O) groups excluding carboxylic acids is 8. The Morgan fingerprint density at radius 2 is 1.50 bits per heavy atom. The lowest BCUT2D eigenvalue weighted by Crippen LogP contribution is -2.60. The summed E-state index contributed by atoms with van der Waals surface area (Å²) in [7, 11) is 2.19. The van der Waals surface area contributed by atoms with E-state index < -0.39 is 84.3 Å². The molecule has 4 aliphatic rings. The van der Waals surface area contributed by atoms with Gasteiger partial charge in [-0.1, -0.05) is 13.2 Å². The largest absolute Gasteiger partial charge is 0.453 e. The average molecular weight is 702 g/mol. The number of ketones is 1. The number of amides is 7. The Hall–Kier alpha value is -4.96. The highest BCUT2D eigenvalue weighted by molar-refractivity contribution is 6.38. The van der Waals surface area contributed by atoms with E-state index in [1.54, 1.807) is 0 Å². The van der Waals surface area contributed by atoms with Crippen LogP contribution in [0.2, 0.25) is 0 Å². The number of hydrogen-bond acceptors (Lipinski definition) is 10. The van der Waals surface area contributed by atoms with Gasteiger partial charge in [-0.2, -0.15) is 0 Å². The number of methoxy groups -OCH3 is 2. The van der Waals surface area contributed by atoms with Crippen molar-refractivity contribution in [3.8, 4) is 0 Å². The number of likely N-dealkylation sites (tertiary alicyclic amines) is 1. The van der Waals surface area contributed by atoms with Gasteiger partial charge in [0.1, 0.15) is 24.2 Å². The number of nitrogens with zero attached hydrogens (tertiary/aromatic N) is 1. The minimum absolute atomic E-state index is 0.0215. The Kier molecular flexibility index (Phi) is 12.2. The maximum Gasteiger partial charge on any atom is 0.407 e. The Labute approximate surface area is 290 Å². The standard InChI is InChI=1S/C33H47N7O10/c1-15(2)23(38-27(42)22(37-33(48)50-6)13-34-32(47)49-5)28(43)39-24(16(3)4)31(46)40-14-18-11-17-7-10-21(26(41)30(45)35-19-8-9-19)36-29(44)25(40)20(18)12-17/h17-25H,1,3,7-14H2,2,4-6H3,(H,34,47)(H,35,45)(H,36,44)(H,37,48)(H,38,42)(H,39,43)/t17?,18-,20-,21-,22-,23-,24-,25-/m0/s1. The fraction of sp³-hybridized carbons (Fsp3) is 0.636. The van der Waals surface area contributed by atoms with Crippen molar-refractivity contribution in [3.05, 3.63) is 24.3 Å². The van der Waals surface area contributed by atoms with Gasteiger partial charge in [0.25, 0.3) is 5.91 Å². The molecule has 17 nitrogen and oxygen atoms in total. The van der Waals surface area contributed by atoms with Crippen LogP contribution in [0.3, 0.4) is 0 Å². The third-order valence-corrected chi connectivity index (χ3v) is 9.70. The van der Waals surface area contributed by atoms with E-state index in [0.29, 0.717) is 19.3 Å². The van der Waals surface area contributed by atoms with Crippen molar-refractivity contribution in [2.45, 2.75) is 88.6 Å². The molecule has 0 radical (unpaired) electrons. The van der Waals surface area contributed by atoms with Gasteiger partial charge in [-0.05, 0) is 81.3 Å². The van der Waals surface area contributed by atoms with Gasteiger partial charge in [0, 0.05) is 12.6 Å². The van der Waals surface area contributed by atoms with Gasteiger partial charge in [0.15, 0.2) is 0 Å². The minimum Gasteiger partial charge on any atom is -0.453 e. The summed E-state index contributed by atoms with van der Waals surface area (Å²) in [6.07, 6.45) is 2.18. The molecule has 17 heteroatoms. The van der Waals surface area contributed by atoms with Crippen molar-refractivity contribution in [3.63, 3.8) is 0 Å². The summed E-state index contributed by atoms with van der Waals surface area (Å²) < 4.78 is 9.06. The molecule has 6 N–H and O–H groups in total. The van der Waals surface area contributed by atoms with Crippen molar-refractivity contribution in [2.75, 3.05) is 27.3 Å². The van der Waals surface area contributed by atoms with Crippen LogP contribution in [0.5, 0.6) is 0 Å². The van der Waals surface area contributed by atoms with E-state index in [2.05, 4.69) is 54.5 Å². The van der Waals surface area contributed by atoms with E-state index in [9.17, 15) is 38.4 Å². The zero-order chi connectivity index (χ0) is 36.9. The molecule has 2 heterocycles. The summed E-state index contributed by atoms with van der Waals surface area (Å²) in [6.45, 7) is 10.5. The molecule has 2 aliphatic heterocycles. The van der Waals surface area contributed by atoms with E-state index in [0.717, 1.165) is 33.5 Å². The molecule has 274 valence electrons. The first-order valence-corrected chi connectivity index (χ1v) is 16.7. The van der Waals surface area contributed by atoms with Crippen LogP contribution in [0.1, 0.15) is 52.4 Å². The predicted octanol–water partition coefficient (Wildman–Crippen LogP) is -0.832. The molecule has 50 heavy (non-hydrogen) atoms. The minimum atomic E-state index is -1.39. The van der Waals surface area contributed by atoms with Gasteiger partial charge in [-0.15, -0.1) is 0 Å². The number of hydrogen-bond donors (Lipinski definition) is 6. The SMILES string of the molecule is C=C(C)[C@H](NC(=O)[C@H](CNC(=O)OC)NC(=O)OC)C(=O)N[C@@H](C(=C)C)C(=O)N1C[C@@H]2CC3CC[C@@H](C(=O)C(=O)NC4CC4)NC(=O)[C@@H]1[C@H]2C3. The number of carbonyl (C=O) groups is 8. The second-order valence-corrected chi connectivity index (χ2v) is 13.6. The maximum atomic E-state index is 14.2. The van der Waals surface area contributed by atoms with Gasteiger partial charge >= 0.3 is 12.2 Å². The first-order valence-electron chi connectivity index (χ1n) is 16.7. The molecule has 2 saturated carbocycles. The highest BCUT2D eigenvalue weighted by atomic mass is 16.5. The van der Waals surface area contributed by atoms with Crippen LogP contribution in [0.25, 0.3) is 0 Å². The van der Waals surface area contributed by atoms with Crippen molar-refractivity contribution < 1.29 is 47.8 Å². The monoisotopic (exact) mass is 701 g/mol. The van der Waals surface area contributed by atoms with Crippen LogP contribution in [-0.2, 0) is 38.2 Å². The smallest absolute Gasteiger partial charge is 0.407 e. The van der Waals surface area contributed by atoms with Gasteiger partial charge in [0.05, 0.1) is 26.8 Å². The molecule has 0 spiro atoms. The quantitative estimate of drug-likeness (QED) is 0.103. The Bertz CT molecular complexity index is 1450. The zero-order valence-corrected chi connectivity index (χ0v) is 28.8. The van der Waals surface area contributed by atoms with E-state index in [4.69, 9.17) is 0 Å². The molecular weight excluding hydrogens is 654 g/mol. The first-order chi connectivity index (χ1) is 23.6. The molecular formula is C33H47N7O10. The van der Waals surface area contributed by atoms with Gasteiger partial charge in [0.2, 0.25) is 29.4 Å². The van der Waals surface area contributed by atoms with Crippen molar-refractivity contribution >= 4 is 47.5 Å². The molecule has 2 bridgehead atoms. The molecule has 7 amide bonds. The van der Waals surface area contributed by atoms with Gasteiger partial charge in [-0.3, -0.25) is 28.8 Å². The molecule has 4 rings (SSSR count). The van der Waals surface area contributed by atoms with Crippen LogP contribution in [-0.4, -0.2) is 116 Å². The number of nitrogens with one attached hydrogen (secondary N) is 6.